The van der Waals surface area contributed by atoms with Crippen LogP contribution in [0, 0.1) is 19.8 Å². The summed E-state index contributed by atoms with van der Waals surface area (Å²) in [7, 11) is 0. The lowest BCUT2D eigenvalue weighted by Crippen LogP contribution is -2.34. The van der Waals surface area contributed by atoms with Gasteiger partial charge < -0.3 is 4.52 Å². The van der Waals surface area contributed by atoms with Gasteiger partial charge in [0.2, 0.25) is 0 Å². The Labute approximate surface area is 110 Å². The van der Waals surface area contributed by atoms with Crippen LogP contribution in [0.25, 0.3) is 0 Å². The highest BCUT2D eigenvalue weighted by Gasteiger charge is 2.33. The molecule has 1 aromatic rings. The molecule has 1 saturated carbocycles. The van der Waals surface area contributed by atoms with E-state index in [0.29, 0.717) is 0 Å². The quantitative estimate of drug-likeness (QED) is 0.820. The number of hydrogen-bond acceptors (Lipinski definition) is 3. The molecule has 100 valence electrons. The van der Waals surface area contributed by atoms with Gasteiger partial charge in [0.1, 0.15) is 5.76 Å². The molecule has 3 heteroatoms. The van der Waals surface area contributed by atoms with Crippen molar-refractivity contribution in [2.75, 3.05) is 6.54 Å². The van der Waals surface area contributed by atoms with Gasteiger partial charge in [-0.15, -0.1) is 0 Å². The van der Waals surface area contributed by atoms with Crippen molar-refractivity contribution in [2.24, 2.45) is 5.92 Å². The fraction of sp³-hybridized carbons (Fsp3) is 0.800. The monoisotopic (exact) mass is 248 g/mol. The Morgan fingerprint density at radius 3 is 2.61 bits per heavy atom. The Morgan fingerprint density at radius 2 is 1.94 bits per heavy atom. The molecule has 0 bridgehead atoms. The zero-order chi connectivity index (χ0) is 12.5. The van der Waals surface area contributed by atoms with Crippen LogP contribution in [0.1, 0.15) is 55.5 Å². The summed E-state index contributed by atoms with van der Waals surface area (Å²) in [5, 5.41) is 4.08. The summed E-state index contributed by atoms with van der Waals surface area (Å²) in [6.45, 7) is 6.40. The van der Waals surface area contributed by atoms with Gasteiger partial charge in [-0.05, 0) is 52.0 Å². The maximum absolute atomic E-state index is 5.29. The lowest BCUT2D eigenvalue weighted by Gasteiger charge is -2.29. The molecule has 0 radical (unpaired) electrons. The molecule has 1 atom stereocenters. The van der Waals surface area contributed by atoms with Crippen LogP contribution in [0.3, 0.4) is 0 Å². The van der Waals surface area contributed by atoms with Crippen LogP contribution in [0.15, 0.2) is 4.52 Å². The van der Waals surface area contributed by atoms with E-state index in [1.807, 2.05) is 6.92 Å². The van der Waals surface area contributed by atoms with Crippen LogP contribution < -0.4 is 0 Å². The molecule has 0 aromatic carbocycles. The third-order valence-corrected chi connectivity index (χ3v) is 4.90. The van der Waals surface area contributed by atoms with Crippen molar-refractivity contribution in [1.82, 2.24) is 10.1 Å². The Hall–Kier alpha value is -0.830. The average molecular weight is 248 g/mol. The average Bonchev–Trinajstić information content (AvgIpc) is 3.06. The lowest BCUT2D eigenvalue weighted by atomic mass is 9.95. The molecule has 0 amide bonds. The highest BCUT2D eigenvalue weighted by atomic mass is 16.5. The Balaban J connectivity index is 1.71. The fourth-order valence-electron chi connectivity index (χ4n) is 3.85. The SMILES string of the molecule is Cc1noc(C)c1CN1CCC[C@H]1C1CCCC1. The van der Waals surface area contributed by atoms with Crippen molar-refractivity contribution in [1.29, 1.82) is 0 Å². The summed E-state index contributed by atoms with van der Waals surface area (Å²) >= 11 is 0. The molecule has 2 aliphatic rings. The van der Waals surface area contributed by atoms with Crippen LogP contribution in [-0.2, 0) is 6.54 Å². The van der Waals surface area contributed by atoms with Gasteiger partial charge in [0, 0.05) is 18.2 Å². The molecule has 3 nitrogen and oxygen atoms in total. The summed E-state index contributed by atoms with van der Waals surface area (Å²) in [4.78, 5) is 2.68. The van der Waals surface area contributed by atoms with E-state index in [9.17, 15) is 0 Å². The summed E-state index contributed by atoms with van der Waals surface area (Å²) in [5.41, 5.74) is 2.39. The van der Waals surface area contributed by atoms with Gasteiger partial charge in [-0.2, -0.15) is 0 Å². The van der Waals surface area contributed by atoms with Crippen molar-refractivity contribution >= 4 is 0 Å². The second-order valence-electron chi connectivity index (χ2n) is 6.03. The maximum Gasteiger partial charge on any atom is 0.138 e. The van der Waals surface area contributed by atoms with E-state index in [0.717, 1.165) is 30.0 Å². The first-order chi connectivity index (χ1) is 8.75. The molecule has 1 aliphatic carbocycles. The summed E-state index contributed by atoms with van der Waals surface area (Å²) < 4.78 is 5.29. The Morgan fingerprint density at radius 1 is 1.17 bits per heavy atom. The van der Waals surface area contributed by atoms with Crippen LogP contribution in [0.4, 0.5) is 0 Å². The van der Waals surface area contributed by atoms with Crippen molar-refractivity contribution in [2.45, 2.75) is 65.0 Å². The second kappa shape index (κ2) is 5.04. The number of rotatable bonds is 3. The first kappa shape index (κ1) is 12.2. The molecule has 3 rings (SSSR count). The van der Waals surface area contributed by atoms with E-state index in [2.05, 4.69) is 17.0 Å². The van der Waals surface area contributed by atoms with E-state index >= 15 is 0 Å². The molecule has 2 fully saturated rings. The number of aromatic nitrogens is 1. The number of nitrogens with zero attached hydrogens (tertiary/aromatic N) is 2. The third kappa shape index (κ3) is 2.20. The van der Waals surface area contributed by atoms with Gasteiger partial charge in [-0.1, -0.05) is 18.0 Å². The number of hydrogen-bond donors (Lipinski definition) is 0. The molecule has 1 aromatic heterocycles. The van der Waals surface area contributed by atoms with Crippen molar-refractivity contribution in [3.05, 3.63) is 17.0 Å². The van der Waals surface area contributed by atoms with Crippen molar-refractivity contribution < 1.29 is 4.52 Å². The first-order valence-corrected chi connectivity index (χ1v) is 7.41. The predicted molar refractivity (Wildman–Crippen MR) is 71.4 cm³/mol. The molecule has 2 heterocycles. The predicted octanol–water partition coefficient (Wildman–Crippen LogP) is 3.45. The highest BCUT2D eigenvalue weighted by Crippen LogP contribution is 2.36. The first-order valence-electron chi connectivity index (χ1n) is 7.41. The minimum absolute atomic E-state index is 0.821. The largest absolute Gasteiger partial charge is 0.361 e. The van der Waals surface area contributed by atoms with Crippen molar-refractivity contribution in [3.63, 3.8) is 0 Å². The van der Waals surface area contributed by atoms with Crippen LogP contribution in [0.2, 0.25) is 0 Å². The van der Waals surface area contributed by atoms with E-state index in [-0.39, 0.29) is 0 Å². The Kier molecular flexibility index (Phi) is 3.42. The standard InChI is InChI=1S/C15H24N2O/c1-11-14(12(2)18-16-11)10-17-9-5-8-15(17)13-6-3-4-7-13/h13,15H,3-10H2,1-2H3/t15-/m0/s1. The van der Waals surface area contributed by atoms with Gasteiger partial charge in [-0.25, -0.2) is 0 Å². The van der Waals surface area contributed by atoms with Crippen LogP contribution >= 0.6 is 0 Å². The fourth-order valence-corrected chi connectivity index (χ4v) is 3.85. The number of aryl methyl sites for hydroxylation is 2. The second-order valence-corrected chi connectivity index (χ2v) is 6.03. The van der Waals surface area contributed by atoms with E-state index in [1.54, 1.807) is 0 Å². The molecule has 0 N–H and O–H groups in total. The zero-order valence-corrected chi connectivity index (χ0v) is 11.6. The van der Waals surface area contributed by atoms with Gasteiger partial charge in [0.15, 0.2) is 0 Å². The van der Waals surface area contributed by atoms with Gasteiger partial charge in [-0.3, -0.25) is 4.90 Å². The minimum atomic E-state index is 0.821. The van der Waals surface area contributed by atoms with Crippen LogP contribution in [0.5, 0.6) is 0 Å². The molecule has 0 spiro atoms. The topological polar surface area (TPSA) is 29.3 Å². The molecule has 0 unspecified atom stereocenters. The summed E-state index contributed by atoms with van der Waals surface area (Å²) in [5.74, 6) is 1.96. The summed E-state index contributed by atoms with van der Waals surface area (Å²) in [6, 6.07) is 0.821. The molecular formula is C15H24N2O. The minimum Gasteiger partial charge on any atom is -0.361 e. The van der Waals surface area contributed by atoms with Gasteiger partial charge in [0.25, 0.3) is 0 Å². The molecular weight excluding hydrogens is 224 g/mol. The third-order valence-electron chi connectivity index (χ3n) is 4.90. The maximum atomic E-state index is 5.29. The summed E-state index contributed by atoms with van der Waals surface area (Å²) in [6.07, 6.45) is 8.55. The van der Waals surface area contributed by atoms with Crippen molar-refractivity contribution in [3.8, 4) is 0 Å². The smallest absolute Gasteiger partial charge is 0.138 e. The van der Waals surface area contributed by atoms with E-state index < -0.39 is 0 Å². The molecule has 1 saturated heterocycles. The van der Waals surface area contributed by atoms with E-state index in [4.69, 9.17) is 4.52 Å². The molecule has 1 aliphatic heterocycles. The zero-order valence-electron chi connectivity index (χ0n) is 11.6. The van der Waals surface area contributed by atoms with E-state index in [1.165, 1.54) is 50.6 Å². The highest BCUT2D eigenvalue weighted by molar-refractivity contribution is 5.20. The Bertz CT molecular complexity index is 387. The van der Waals surface area contributed by atoms with Crippen LogP contribution in [-0.4, -0.2) is 22.6 Å². The lowest BCUT2D eigenvalue weighted by molar-refractivity contribution is 0.182. The normalized spacial score (nSPS) is 26.2. The molecule has 18 heavy (non-hydrogen) atoms. The van der Waals surface area contributed by atoms with Gasteiger partial charge >= 0.3 is 0 Å². The van der Waals surface area contributed by atoms with Gasteiger partial charge in [0.05, 0.1) is 5.69 Å². The number of likely N-dealkylation sites (tertiary alicyclic amines) is 1.